The average molecular weight is 285 g/mol. The van der Waals surface area contributed by atoms with E-state index in [1.165, 1.54) is 0 Å². The van der Waals surface area contributed by atoms with Crippen molar-refractivity contribution < 1.29 is 19.4 Å². The lowest BCUT2D eigenvalue weighted by Crippen LogP contribution is -2.44. The second-order valence-electron chi connectivity index (χ2n) is 5.71. The van der Waals surface area contributed by atoms with Gasteiger partial charge < -0.3 is 14.7 Å². The number of nitrogens with zero attached hydrogens (tertiary/aromatic N) is 1. The molecule has 0 spiro atoms. The first kappa shape index (κ1) is 12.6. The summed E-state index contributed by atoms with van der Waals surface area (Å²) in [7, 11) is 0. The highest BCUT2D eigenvalue weighted by molar-refractivity contribution is 6.00. The van der Waals surface area contributed by atoms with Crippen molar-refractivity contribution in [2.75, 3.05) is 11.4 Å². The van der Waals surface area contributed by atoms with Gasteiger partial charge in [-0.05, 0) is 18.1 Å². The highest BCUT2D eigenvalue weighted by atomic mass is 16.5. The van der Waals surface area contributed by atoms with Gasteiger partial charge in [0.1, 0.15) is 5.92 Å². The van der Waals surface area contributed by atoms with Crippen molar-refractivity contribution in [3.05, 3.63) is 42.0 Å². The number of carbonyl (C=O) groups is 2. The highest BCUT2D eigenvalue weighted by Gasteiger charge is 2.54. The molecule has 0 aliphatic carbocycles. The van der Waals surface area contributed by atoms with Crippen molar-refractivity contribution >= 4 is 17.6 Å². The second kappa shape index (κ2) is 4.43. The summed E-state index contributed by atoms with van der Waals surface area (Å²) in [6.07, 6.45) is 3.51. The molecule has 1 aromatic carbocycles. The van der Waals surface area contributed by atoms with E-state index in [0.29, 0.717) is 6.54 Å². The first-order valence-corrected chi connectivity index (χ1v) is 7.12. The normalized spacial score (nSPS) is 32.5. The third-order valence-corrected chi connectivity index (χ3v) is 4.62. The van der Waals surface area contributed by atoms with Crippen molar-refractivity contribution in [1.82, 2.24) is 0 Å². The number of amides is 1. The number of anilines is 1. The fraction of sp³-hybridized carbons (Fsp3) is 0.375. The molecule has 1 aromatic rings. The maximum absolute atomic E-state index is 12.9. The summed E-state index contributed by atoms with van der Waals surface area (Å²) in [6, 6.07) is 7.78. The van der Waals surface area contributed by atoms with Crippen molar-refractivity contribution in [2.24, 2.45) is 11.8 Å². The Morgan fingerprint density at radius 1 is 1.14 bits per heavy atom. The van der Waals surface area contributed by atoms with Gasteiger partial charge in [-0.15, -0.1) is 0 Å². The highest BCUT2D eigenvalue weighted by Crippen LogP contribution is 2.42. The number of hydrogen-bond acceptors (Lipinski definition) is 3. The van der Waals surface area contributed by atoms with Gasteiger partial charge in [-0.1, -0.05) is 30.4 Å². The molecule has 4 unspecified atom stereocenters. The van der Waals surface area contributed by atoms with Crippen LogP contribution in [-0.4, -0.2) is 35.7 Å². The molecule has 5 nitrogen and oxygen atoms in total. The molecule has 108 valence electrons. The van der Waals surface area contributed by atoms with Crippen LogP contribution in [0.5, 0.6) is 0 Å². The van der Waals surface area contributed by atoms with Gasteiger partial charge >= 0.3 is 5.97 Å². The predicted octanol–water partition coefficient (Wildman–Crippen LogP) is 1.23. The molecule has 4 atom stereocenters. The number of aliphatic carboxylic acids is 1. The summed E-state index contributed by atoms with van der Waals surface area (Å²) in [4.78, 5) is 26.1. The minimum atomic E-state index is -0.960. The van der Waals surface area contributed by atoms with Crippen LogP contribution in [0, 0.1) is 11.8 Å². The average Bonchev–Trinajstić information content (AvgIpc) is 3.19. The Hall–Kier alpha value is -2.14. The van der Waals surface area contributed by atoms with Crippen LogP contribution in [0.3, 0.4) is 0 Å². The summed E-state index contributed by atoms with van der Waals surface area (Å²) in [6.45, 7) is 0.613. The number of benzene rings is 1. The minimum absolute atomic E-state index is 0.135. The number of hydrogen-bond donors (Lipinski definition) is 1. The predicted molar refractivity (Wildman–Crippen MR) is 74.9 cm³/mol. The van der Waals surface area contributed by atoms with E-state index < -0.39 is 30.0 Å². The number of ether oxygens (including phenoxy) is 1. The van der Waals surface area contributed by atoms with Crippen LogP contribution in [0.2, 0.25) is 0 Å². The molecule has 3 aliphatic heterocycles. The van der Waals surface area contributed by atoms with E-state index in [2.05, 4.69) is 0 Å². The number of carboxylic acid groups (broad SMARTS) is 1. The smallest absolute Gasteiger partial charge is 0.310 e. The Balaban J connectivity index is 1.67. The van der Waals surface area contributed by atoms with Gasteiger partial charge in [-0.2, -0.15) is 0 Å². The van der Waals surface area contributed by atoms with Crippen LogP contribution in [0.25, 0.3) is 0 Å². The molecule has 3 heterocycles. The van der Waals surface area contributed by atoms with Crippen LogP contribution in [0.4, 0.5) is 5.69 Å². The second-order valence-corrected chi connectivity index (χ2v) is 5.71. The lowest BCUT2D eigenvalue weighted by Gasteiger charge is -2.26. The monoisotopic (exact) mass is 285 g/mol. The summed E-state index contributed by atoms with van der Waals surface area (Å²) < 4.78 is 5.59. The zero-order valence-electron chi connectivity index (χ0n) is 11.3. The lowest BCUT2D eigenvalue weighted by atomic mass is 9.82. The van der Waals surface area contributed by atoms with Crippen molar-refractivity contribution in [1.29, 1.82) is 0 Å². The number of rotatable bonds is 2. The van der Waals surface area contributed by atoms with Crippen molar-refractivity contribution in [3.63, 3.8) is 0 Å². The molecule has 1 N–H and O–H groups in total. The largest absolute Gasteiger partial charge is 0.481 e. The molecule has 1 saturated heterocycles. The van der Waals surface area contributed by atoms with Gasteiger partial charge in [0.05, 0.1) is 18.1 Å². The van der Waals surface area contributed by atoms with E-state index in [1.807, 2.05) is 30.3 Å². The van der Waals surface area contributed by atoms with E-state index in [0.717, 1.165) is 17.7 Å². The van der Waals surface area contributed by atoms with E-state index in [9.17, 15) is 14.7 Å². The minimum Gasteiger partial charge on any atom is -0.481 e. The Bertz CT molecular complexity index is 653. The van der Waals surface area contributed by atoms with Crippen LogP contribution in [0.15, 0.2) is 36.4 Å². The van der Waals surface area contributed by atoms with Crippen molar-refractivity contribution in [2.45, 2.75) is 18.6 Å². The quantitative estimate of drug-likeness (QED) is 0.830. The topological polar surface area (TPSA) is 66.8 Å². The Morgan fingerprint density at radius 3 is 2.62 bits per heavy atom. The van der Waals surface area contributed by atoms with E-state index >= 15 is 0 Å². The van der Waals surface area contributed by atoms with E-state index in [-0.39, 0.29) is 5.91 Å². The number of para-hydroxylation sites is 1. The summed E-state index contributed by atoms with van der Waals surface area (Å²) in [5.41, 5.74) is 2.04. The molecule has 0 saturated carbocycles. The van der Waals surface area contributed by atoms with Crippen LogP contribution < -0.4 is 4.90 Å². The number of carbonyl (C=O) groups excluding carboxylic acids is 1. The van der Waals surface area contributed by atoms with Crippen LogP contribution >= 0.6 is 0 Å². The Labute approximate surface area is 121 Å². The van der Waals surface area contributed by atoms with Crippen LogP contribution in [0.1, 0.15) is 5.56 Å². The van der Waals surface area contributed by atoms with Crippen molar-refractivity contribution in [3.8, 4) is 0 Å². The number of carboxylic acids is 1. The van der Waals surface area contributed by atoms with Gasteiger partial charge in [0.15, 0.2) is 0 Å². The molecule has 3 aliphatic rings. The summed E-state index contributed by atoms with van der Waals surface area (Å²) in [5, 5.41) is 9.41. The third kappa shape index (κ3) is 1.74. The van der Waals surface area contributed by atoms with Gasteiger partial charge in [-0.3, -0.25) is 9.59 Å². The van der Waals surface area contributed by atoms with E-state index in [1.54, 1.807) is 11.0 Å². The number of fused-ring (bicyclic) bond motifs is 3. The molecule has 1 amide bonds. The zero-order valence-corrected chi connectivity index (χ0v) is 11.3. The lowest BCUT2D eigenvalue weighted by molar-refractivity contribution is -0.146. The molecule has 1 fully saturated rings. The van der Waals surface area contributed by atoms with Gasteiger partial charge in [0, 0.05) is 12.2 Å². The van der Waals surface area contributed by atoms with Crippen LogP contribution in [-0.2, 0) is 20.7 Å². The maximum atomic E-state index is 12.9. The molecule has 5 heteroatoms. The SMILES string of the molecule is O=C(O)C1C2C=CC(O2)C1C(=O)N1CCc2ccccc21. The fourth-order valence-electron chi connectivity index (χ4n) is 3.64. The molecule has 0 aromatic heterocycles. The molecular weight excluding hydrogens is 270 g/mol. The summed E-state index contributed by atoms with van der Waals surface area (Å²) >= 11 is 0. The standard InChI is InChI=1S/C16H15NO4/c18-15(17-8-7-9-3-1-2-4-10(9)17)13-11-5-6-12(21-11)14(13)16(19)20/h1-6,11-14H,7-8H2,(H,19,20). The molecule has 21 heavy (non-hydrogen) atoms. The Morgan fingerprint density at radius 2 is 1.86 bits per heavy atom. The zero-order chi connectivity index (χ0) is 14.6. The molecule has 0 radical (unpaired) electrons. The first-order chi connectivity index (χ1) is 10.2. The molecule has 2 bridgehead atoms. The van der Waals surface area contributed by atoms with Gasteiger partial charge in [0.2, 0.25) is 5.91 Å². The van der Waals surface area contributed by atoms with Gasteiger partial charge in [0.25, 0.3) is 0 Å². The molecule has 4 rings (SSSR count). The maximum Gasteiger partial charge on any atom is 0.310 e. The fourth-order valence-corrected chi connectivity index (χ4v) is 3.64. The third-order valence-electron chi connectivity index (χ3n) is 4.62. The molecular formula is C16H15NO4. The Kier molecular flexibility index (Phi) is 2.65. The first-order valence-electron chi connectivity index (χ1n) is 7.12. The summed E-state index contributed by atoms with van der Waals surface area (Å²) in [5.74, 6) is -2.49. The van der Waals surface area contributed by atoms with Gasteiger partial charge in [-0.25, -0.2) is 0 Å². The van der Waals surface area contributed by atoms with E-state index in [4.69, 9.17) is 4.74 Å².